The first-order valence-electron chi connectivity index (χ1n) is 12.6. The average Bonchev–Trinajstić information content (AvgIpc) is 3.63. The van der Waals surface area contributed by atoms with Crippen LogP contribution in [0, 0.1) is 6.17 Å². The summed E-state index contributed by atoms with van der Waals surface area (Å²) in [5.41, 5.74) is 10.6. The Kier molecular flexibility index (Phi) is 5.07. The zero-order valence-corrected chi connectivity index (χ0v) is 20.6. The molecule has 1 aromatic heterocycles. The van der Waals surface area contributed by atoms with Crippen molar-refractivity contribution in [2.24, 2.45) is 0 Å². The largest absolute Gasteiger partial charge is 0.651 e. The minimum Gasteiger partial charge on any atom is -0.651 e. The van der Waals surface area contributed by atoms with Crippen molar-refractivity contribution < 1.29 is 4.79 Å². The van der Waals surface area contributed by atoms with Crippen LogP contribution in [0.15, 0.2) is 102 Å². The number of allylic oxidation sites excluding steroid dienone is 2. The molecular formula is C29H27N7O-2. The molecule has 0 saturated carbocycles. The number of hydrogen-bond donors (Lipinski definition) is 2. The predicted molar refractivity (Wildman–Crippen MR) is 141 cm³/mol. The normalized spacial score (nSPS) is 20.6. The molecule has 4 aliphatic rings. The minimum absolute atomic E-state index is 0.0416. The van der Waals surface area contributed by atoms with E-state index in [0.717, 1.165) is 59.5 Å². The molecule has 8 heteroatoms. The number of nitrogens with one attached hydrogen (secondary N) is 2. The second kappa shape index (κ2) is 8.60. The van der Waals surface area contributed by atoms with Gasteiger partial charge in [-0.2, -0.15) is 0 Å². The summed E-state index contributed by atoms with van der Waals surface area (Å²) in [6.45, 7) is 0.573. The lowest BCUT2D eigenvalue weighted by molar-refractivity contribution is -0.130. The van der Waals surface area contributed by atoms with Gasteiger partial charge in [-0.15, -0.1) is 5.70 Å². The van der Waals surface area contributed by atoms with Crippen molar-refractivity contribution in [1.29, 1.82) is 0 Å². The van der Waals surface area contributed by atoms with Crippen LogP contribution in [0.3, 0.4) is 0 Å². The van der Waals surface area contributed by atoms with E-state index in [1.807, 2.05) is 60.6 Å². The fraction of sp³-hybridized carbons (Fsp3) is 0.207. The summed E-state index contributed by atoms with van der Waals surface area (Å²) in [6.07, 6.45) is 5.28. The fourth-order valence-electron chi connectivity index (χ4n) is 5.51. The van der Waals surface area contributed by atoms with Gasteiger partial charge in [0.1, 0.15) is 5.91 Å². The van der Waals surface area contributed by atoms with Crippen molar-refractivity contribution in [1.82, 2.24) is 25.2 Å². The van der Waals surface area contributed by atoms with Gasteiger partial charge in [0.05, 0.1) is 5.69 Å². The molecule has 3 aromatic rings. The van der Waals surface area contributed by atoms with Crippen LogP contribution in [-0.4, -0.2) is 39.0 Å². The Hall–Kier alpha value is -4.43. The zero-order valence-electron chi connectivity index (χ0n) is 20.6. The molecular weight excluding hydrogens is 462 g/mol. The summed E-state index contributed by atoms with van der Waals surface area (Å²) in [7, 11) is 1.84. The molecule has 1 unspecified atom stereocenters. The van der Waals surface area contributed by atoms with Gasteiger partial charge in [0.15, 0.2) is 0 Å². The highest BCUT2D eigenvalue weighted by Gasteiger charge is 2.40. The highest BCUT2D eigenvalue weighted by molar-refractivity contribution is 6.00. The van der Waals surface area contributed by atoms with E-state index in [0.29, 0.717) is 12.1 Å². The van der Waals surface area contributed by atoms with E-state index in [2.05, 4.69) is 44.9 Å². The van der Waals surface area contributed by atoms with E-state index in [1.54, 1.807) is 11.1 Å². The molecule has 2 N–H and O–H groups in total. The van der Waals surface area contributed by atoms with Crippen LogP contribution in [0.25, 0.3) is 16.6 Å². The summed E-state index contributed by atoms with van der Waals surface area (Å²) in [5, 5.41) is 10.5. The highest BCUT2D eigenvalue weighted by Crippen LogP contribution is 2.49. The third kappa shape index (κ3) is 3.60. The number of pyridine rings is 1. The molecule has 0 bridgehead atoms. The van der Waals surface area contributed by atoms with Gasteiger partial charge in [0, 0.05) is 42.3 Å². The molecule has 0 radical (unpaired) electrons. The third-order valence-corrected chi connectivity index (χ3v) is 7.35. The quantitative estimate of drug-likeness (QED) is 0.505. The van der Waals surface area contributed by atoms with E-state index in [9.17, 15) is 4.79 Å². The average molecular weight is 490 g/mol. The van der Waals surface area contributed by atoms with Crippen molar-refractivity contribution in [3.8, 4) is 11.3 Å². The Morgan fingerprint density at radius 1 is 1.05 bits per heavy atom. The highest BCUT2D eigenvalue weighted by atomic mass is 16.2. The molecule has 1 amide bonds. The number of benzene rings is 2. The van der Waals surface area contributed by atoms with Gasteiger partial charge in [-0.25, -0.2) is 5.01 Å². The first-order chi connectivity index (χ1) is 18.2. The number of para-hydroxylation sites is 1. The van der Waals surface area contributed by atoms with Crippen LogP contribution >= 0.6 is 0 Å². The Morgan fingerprint density at radius 3 is 2.65 bits per heavy atom. The number of hydrazine groups is 1. The smallest absolute Gasteiger partial charge is 0.145 e. The van der Waals surface area contributed by atoms with E-state index in [1.165, 1.54) is 5.70 Å². The minimum atomic E-state index is -0.320. The number of nitrogens with zero attached hydrogens (tertiary/aromatic N) is 5. The van der Waals surface area contributed by atoms with Crippen LogP contribution in [0.5, 0.6) is 0 Å². The van der Waals surface area contributed by atoms with Gasteiger partial charge >= 0.3 is 0 Å². The number of hydrogen-bond acceptors (Lipinski definition) is 6. The lowest BCUT2D eigenvalue weighted by Gasteiger charge is -2.52. The van der Waals surface area contributed by atoms with E-state index in [-0.39, 0.29) is 12.2 Å². The van der Waals surface area contributed by atoms with Crippen LogP contribution in [-0.2, 0) is 11.3 Å². The maximum atomic E-state index is 13.7. The van der Waals surface area contributed by atoms with Crippen LogP contribution in [0.2, 0.25) is 0 Å². The number of anilines is 1. The van der Waals surface area contributed by atoms with Crippen LogP contribution in [0.1, 0.15) is 24.8 Å². The van der Waals surface area contributed by atoms with Crippen molar-refractivity contribution in [3.63, 3.8) is 0 Å². The summed E-state index contributed by atoms with van der Waals surface area (Å²) in [4.78, 5) is 22.1. The van der Waals surface area contributed by atoms with E-state index in [4.69, 9.17) is 5.32 Å². The molecule has 8 nitrogen and oxygen atoms in total. The van der Waals surface area contributed by atoms with Gasteiger partial charge in [-0.3, -0.25) is 4.98 Å². The Balaban J connectivity index is 1.23. The number of rotatable bonds is 5. The van der Waals surface area contributed by atoms with Gasteiger partial charge in [-0.05, 0) is 67.4 Å². The molecule has 0 spiro atoms. The SMILES string of the molecule is CN1C(=O)C2=C(NN(Cc3ccc(-c4ccccn4)cc3)[C-]2Nc2ccccc2)N2C3=C(CCC3)[N-]C12. The molecule has 0 fully saturated rings. The Morgan fingerprint density at radius 2 is 1.86 bits per heavy atom. The van der Waals surface area contributed by atoms with E-state index >= 15 is 0 Å². The molecule has 7 rings (SSSR count). The van der Waals surface area contributed by atoms with Gasteiger partial charge in [-0.1, -0.05) is 48.5 Å². The monoisotopic (exact) mass is 489 g/mol. The maximum absolute atomic E-state index is 13.7. The Bertz CT molecular complexity index is 1400. The molecule has 4 heterocycles. The van der Waals surface area contributed by atoms with Gasteiger partial charge in [0.2, 0.25) is 0 Å². The number of likely N-dealkylation sites (N-methyl/N-ethyl adjacent to an activating group) is 1. The third-order valence-electron chi connectivity index (χ3n) is 7.35. The number of amides is 1. The first kappa shape index (κ1) is 21.8. The number of fused-ring (bicyclic) bond motifs is 3. The molecule has 3 aliphatic heterocycles. The van der Waals surface area contributed by atoms with Crippen molar-refractivity contribution in [2.45, 2.75) is 32.1 Å². The summed E-state index contributed by atoms with van der Waals surface area (Å²) in [6, 6.07) is 24.3. The zero-order chi connectivity index (χ0) is 24.9. The lowest BCUT2D eigenvalue weighted by Crippen LogP contribution is -2.51. The van der Waals surface area contributed by atoms with Crippen molar-refractivity contribution in [3.05, 3.63) is 119 Å². The number of aromatic nitrogens is 1. The molecule has 0 saturated heterocycles. The number of carbonyl (C=O) groups excluding carboxylic acids is 1. The van der Waals surface area contributed by atoms with Crippen LogP contribution in [0.4, 0.5) is 5.69 Å². The predicted octanol–water partition coefficient (Wildman–Crippen LogP) is 4.72. The maximum Gasteiger partial charge on any atom is 0.145 e. The van der Waals surface area contributed by atoms with Crippen molar-refractivity contribution in [2.75, 3.05) is 12.4 Å². The lowest BCUT2D eigenvalue weighted by atomic mass is 10.1. The second-order valence-corrected chi connectivity index (χ2v) is 9.68. The molecule has 1 atom stereocenters. The van der Waals surface area contributed by atoms with Crippen LogP contribution < -0.4 is 10.7 Å². The number of carbonyl (C=O) groups is 1. The molecule has 1 aliphatic carbocycles. The molecule has 2 aromatic carbocycles. The van der Waals surface area contributed by atoms with Gasteiger partial charge < -0.3 is 30.7 Å². The van der Waals surface area contributed by atoms with Crippen molar-refractivity contribution >= 4 is 11.6 Å². The first-order valence-corrected chi connectivity index (χ1v) is 12.6. The summed E-state index contributed by atoms with van der Waals surface area (Å²) in [5.74, 6) is 0.771. The van der Waals surface area contributed by atoms with Gasteiger partial charge in [0.25, 0.3) is 0 Å². The Labute approximate surface area is 216 Å². The molecule has 37 heavy (non-hydrogen) atoms. The second-order valence-electron chi connectivity index (χ2n) is 9.68. The summed E-state index contributed by atoms with van der Waals surface area (Å²) >= 11 is 0. The summed E-state index contributed by atoms with van der Waals surface area (Å²) < 4.78 is 0. The molecule has 186 valence electrons. The van der Waals surface area contributed by atoms with E-state index < -0.39 is 0 Å². The topological polar surface area (TPSA) is 77.8 Å². The fourth-order valence-corrected chi connectivity index (χ4v) is 5.51. The standard InChI is InChI=1S/C29H27N7O/c1-34-28(37)25-26(31-21-8-3-2-4-9-21)35(33-27(25)36-24-12-7-11-23(24)32-29(34)36)18-19-13-15-20(16-14-19)22-10-5-6-17-30-22/h2-6,8-10,13-17,29,31H,7,11-12,18H2,1H3,(H,33,37)/q-2.